The Morgan fingerprint density at radius 3 is 2.68 bits per heavy atom. The number of fused-ring (bicyclic) bond motifs is 1. The Balaban J connectivity index is 1.51. The minimum Gasteiger partial charge on any atom is -0.382 e. The van der Waals surface area contributed by atoms with Crippen LogP contribution in [0.3, 0.4) is 0 Å². The van der Waals surface area contributed by atoms with Crippen LogP contribution in [-0.2, 0) is 12.8 Å². The summed E-state index contributed by atoms with van der Waals surface area (Å²) in [6.45, 7) is 6.07. The Kier molecular flexibility index (Phi) is 6.68. The van der Waals surface area contributed by atoms with Crippen molar-refractivity contribution < 1.29 is 0 Å². The van der Waals surface area contributed by atoms with E-state index in [1.165, 1.54) is 63.7 Å². The SMILES string of the molecule is CCCCc1nc(N)c2[nH]cc(CCCCCN3CCCCC3)c2n1. The lowest BCUT2D eigenvalue weighted by Crippen LogP contribution is -2.30. The number of aromatic amines is 1. The molecule has 0 atom stereocenters. The first-order valence-corrected chi connectivity index (χ1v) is 10.1. The van der Waals surface area contributed by atoms with Gasteiger partial charge in [0.25, 0.3) is 0 Å². The molecule has 0 saturated carbocycles. The van der Waals surface area contributed by atoms with Gasteiger partial charge in [-0.05, 0) is 63.7 Å². The Morgan fingerprint density at radius 2 is 1.88 bits per heavy atom. The average Bonchev–Trinajstić information content (AvgIpc) is 3.04. The number of nitrogens with one attached hydrogen (secondary N) is 1. The molecular formula is C20H33N5. The van der Waals surface area contributed by atoms with Gasteiger partial charge >= 0.3 is 0 Å². The maximum Gasteiger partial charge on any atom is 0.151 e. The lowest BCUT2D eigenvalue weighted by Gasteiger charge is -2.26. The van der Waals surface area contributed by atoms with Crippen LogP contribution >= 0.6 is 0 Å². The second kappa shape index (κ2) is 9.18. The molecule has 3 N–H and O–H groups in total. The second-order valence-electron chi connectivity index (χ2n) is 7.38. The first kappa shape index (κ1) is 18.2. The van der Waals surface area contributed by atoms with E-state index in [0.29, 0.717) is 5.82 Å². The van der Waals surface area contributed by atoms with Gasteiger partial charge < -0.3 is 15.6 Å². The van der Waals surface area contributed by atoms with Crippen molar-refractivity contribution in [1.82, 2.24) is 19.9 Å². The fraction of sp³-hybridized carbons (Fsp3) is 0.700. The van der Waals surface area contributed by atoms with Crippen LogP contribution < -0.4 is 5.73 Å². The van der Waals surface area contributed by atoms with Gasteiger partial charge in [-0.1, -0.05) is 26.2 Å². The zero-order chi connectivity index (χ0) is 17.5. The number of nitrogens with two attached hydrogens (primary N) is 1. The van der Waals surface area contributed by atoms with E-state index in [2.05, 4.69) is 28.0 Å². The summed E-state index contributed by atoms with van der Waals surface area (Å²) in [5.41, 5.74) is 9.35. The van der Waals surface area contributed by atoms with Crippen molar-refractivity contribution in [2.75, 3.05) is 25.4 Å². The van der Waals surface area contributed by atoms with Crippen molar-refractivity contribution in [3.8, 4) is 0 Å². The molecule has 2 aromatic rings. The lowest BCUT2D eigenvalue weighted by atomic mass is 10.1. The van der Waals surface area contributed by atoms with Crippen molar-refractivity contribution in [2.45, 2.75) is 71.1 Å². The molecule has 25 heavy (non-hydrogen) atoms. The number of aryl methyl sites for hydroxylation is 2. The fourth-order valence-electron chi connectivity index (χ4n) is 3.78. The number of H-pyrrole nitrogens is 1. The molecule has 0 unspecified atom stereocenters. The van der Waals surface area contributed by atoms with Gasteiger partial charge in [0.15, 0.2) is 5.82 Å². The third kappa shape index (κ3) is 4.94. The molecule has 5 heteroatoms. The molecule has 0 spiro atoms. The van der Waals surface area contributed by atoms with Crippen molar-refractivity contribution in [3.63, 3.8) is 0 Å². The number of hydrogen-bond acceptors (Lipinski definition) is 4. The molecule has 0 aliphatic carbocycles. The van der Waals surface area contributed by atoms with Crippen LogP contribution in [0.1, 0.15) is 69.7 Å². The third-order valence-corrected chi connectivity index (χ3v) is 5.30. The number of piperidine rings is 1. The fourth-order valence-corrected chi connectivity index (χ4v) is 3.78. The first-order chi connectivity index (χ1) is 12.3. The highest BCUT2D eigenvalue weighted by atomic mass is 15.1. The van der Waals surface area contributed by atoms with Crippen LogP contribution in [0.2, 0.25) is 0 Å². The number of anilines is 1. The van der Waals surface area contributed by atoms with Crippen LogP contribution in [0, 0.1) is 0 Å². The monoisotopic (exact) mass is 343 g/mol. The van der Waals surface area contributed by atoms with E-state index < -0.39 is 0 Å². The number of likely N-dealkylation sites (tertiary alicyclic amines) is 1. The molecule has 3 rings (SSSR count). The molecule has 1 aliphatic heterocycles. The van der Waals surface area contributed by atoms with Gasteiger partial charge in [-0.25, -0.2) is 9.97 Å². The molecule has 1 aliphatic rings. The second-order valence-corrected chi connectivity index (χ2v) is 7.38. The summed E-state index contributed by atoms with van der Waals surface area (Å²) in [7, 11) is 0. The Bertz CT molecular complexity index is 657. The molecule has 1 saturated heterocycles. The maximum absolute atomic E-state index is 6.11. The molecule has 3 heterocycles. The highest BCUT2D eigenvalue weighted by molar-refractivity contribution is 5.87. The predicted octanol–water partition coefficient (Wildman–Crippen LogP) is 4.08. The van der Waals surface area contributed by atoms with Gasteiger partial charge in [0.2, 0.25) is 0 Å². The van der Waals surface area contributed by atoms with Gasteiger partial charge in [0, 0.05) is 12.6 Å². The van der Waals surface area contributed by atoms with Crippen LogP contribution in [0.15, 0.2) is 6.20 Å². The Morgan fingerprint density at radius 1 is 1.04 bits per heavy atom. The molecule has 2 aromatic heterocycles. The summed E-state index contributed by atoms with van der Waals surface area (Å²) in [4.78, 5) is 15.1. The molecule has 1 fully saturated rings. The number of rotatable bonds is 9. The number of unbranched alkanes of at least 4 members (excludes halogenated alkanes) is 3. The lowest BCUT2D eigenvalue weighted by molar-refractivity contribution is 0.224. The molecule has 0 bridgehead atoms. The van der Waals surface area contributed by atoms with Crippen molar-refractivity contribution in [1.29, 1.82) is 0 Å². The van der Waals surface area contributed by atoms with E-state index >= 15 is 0 Å². The minimum atomic E-state index is 0.590. The summed E-state index contributed by atoms with van der Waals surface area (Å²) in [6, 6.07) is 0. The van der Waals surface area contributed by atoms with Crippen LogP contribution in [0.25, 0.3) is 11.0 Å². The van der Waals surface area contributed by atoms with E-state index in [4.69, 9.17) is 10.7 Å². The van der Waals surface area contributed by atoms with Gasteiger partial charge in [0.05, 0.1) is 5.52 Å². The average molecular weight is 344 g/mol. The molecule has 0 aromatic carbocycles. The summed E-state index contributed by atoms with van der Waals surface area (Å²) >= 11 is 0. The number of aromatic nitrogens is 3. The van der Waals surface area contributed by atoms with Gasteiger partial charge in [0.1, 0.15) is 11.3 Å². The zero-order valence-corrected chi connectivity index (χ0v) is 15.7. The van der Waals surface area contributed by atoms with Gasteiger partial charge in [-0.2, -0.15) is 0 Å². The van der Waals surface area contributed by atoms with Crippen molar-refractivity contribution in [3.05, 3.63) is 17.6 Å². The van der Waals surface area contributed by atoms with Crippen LogP contribution in [0.5, 0.6) is 0 Å². The van der Waals surface area contributed by atoms with Crippen molar-refractivity contribution in [2.24, 2.45) is 0 Å². The van der Waals surface area contributed by atoms with Crippen LogP contribution in [0.4, 0.5) is 5.82 Å². The largest absolute Gasteiger partial charge is 0.382 e. The first-order valence-electron chi connectivity index (χ1n) is 10.1. The van der Waals surface area contributed by atoms with E-state index in [1.807, 2.05) is 0 Å². The van der Waals surface area contributed by atoms with Crippen molar-refractivity contribution >= 4 is 16.9 Å². The third-order valence-electron chi connectivity index (χ3n) is 5.30. The summed E-state index contributed by atoms with van der Waals surface area (Å²) in [6.07, 6.45) is 14.3. The molecule has 138 valence electrons. The predicted molar refractivity (Wildman–Crippen MR) is 105 cm³/mol. The number of nitrogen functional groups attached to an aromatic ring is 1. The molecule has 0 radical (unpaired) electrons. The maximum atomic E-state index is 6.11. The normalized spacial score (nSPS) is 15.9. The molecule has 5 nitrogen and oxygen atoms in total. The topological polar surface area (TPSA) is 70.8 Å². The highest BCUT2D eigenvalue weighted by Crippen LogP contribution is 2.23. The van der Waals surface area contributed by atoms with E-state index in [9.17, 15) is 0 Å². The van der Waals surface area contributed by atoms with E-state index in [0.717, 1.165) is 42.5 Å². The molecular weight excluding hydrogens is 310 g/mol. The number of hydrogen-bond donors (Lipinski definition) is 2. The van der Waals surface area contributed by atoms with Crippen LogP contribution in [-0.4, -0.2) is 39.5 Å². The summed E-state index contributed by atoms with van der Waals surface area (Å²) in [5, 5.41) is 0. The van der Waals surface area contributed by atoms with E-state index in [-0.39, 0.29) is 0 Å². The Hall–Kier alpha value is -1.62. The zero-order valence-electron chi connectivity index (χ0n) is 15.7. The highest BCUT2D eigenvalue weighted by Gasteiger charge is 2.12. The minimum absolute atomic E-state index is 0.590. The smallest absolute Gasteiger partial charge is 0.151 e. The molecule has 0 amide bonds. The quantitative estimate of drug-likeness (QED) is 0.673. The van der Waals surface area contributed by atoms with Gasteiger partial charge in [-0.3, -0.25) is 0 Å². The summed E-state index contributed by atoms with van der Waals surface area (Å²) < 4.78 is 0. The van der Waals surface area contributed by atoms with Gasteiger partial charge in [-0.15, -0.1) is 0 Å². The van der Waals surface area contributed by atoms with E-state index in [1.54, 1.807) is 0 Å². The standard InChI is InChI=1S/C20H33N5/c1-2-3-11-17-23-18-16(15-22-19(18)20(21)24-17)10-6-4-7-12-25-13-8-5-9-14-25/h15,22H,2-14H2,1H3,(H2,21,23,24). The number of nitrogens with zero attached hydrogens (tertiary/aromatic N) is 3. The Labute approximate surface area is 151 Å². The summed E-state index contributed by atoms with van der Waals surface area (Å²) in [5.74, 6) is 1.48.